The number of benzene rings is 1. The fourth-order valence-electron chi connectivity index (χ4n) is 3.95. The maximum Gasteiger partial charge on any atom is 0.182 e. The number of carbonyl (C=O) groups excluding carboxylic acids is 1. The first-order chi connectivity index (χ1) is 13.5. The van der Waals surface area contributed by atoms with E-state index in [-0.39, 0.29) is 11.5 Å². The van der Waals surface area contributed by atoms with E-state index in [0.29, 0.717) is 35.9 Å². The molecule has 2 aromatic heterocycles. The Morgan fingerprint density at radius 3 is 2.89 bits per heavy atom. The second-order valence-corrected chi connectivity index (χ2v) is 7.55. The van der Waals surface area contributed by atoms with Gasteiger partial charge in [-0.25, -0.2) is 4.98 Å². The average molecular weight is 379 g/mol. The van der Waals surface area contributed by atoms with Crippen molar-refractivity contribution in [1.29, 1.82) is 0 Å². The number of likely N-dealkylation sites (tertiary alicyclic amines) is 1. The van der Waals surface area contributed by atoms with Crippen LogP contribution < -0.4 is 5.73 Å². The van der Waals surface area contributed by atoms with E-state index >= 15 is 0 Å². The molecule has 1 aliphatic heterocycles. The minimum Gasteiger partial charge on any atom is -0.508 e. The van der Waals surface area contributed by atoms with Crippen molar-refractivity contribution in [2.45, 2.75) is 19.8 Å². The maximum atomic E-state index is 13.2. The lowest BCUT2D eigenvalue weighted by Gasteiger charge is -2.31. The second-order valence-electron chi connectivity index (χ2n) is 7.55. The zero-order chi connectivity index (χ0) is 19.7. The molecule has 28 heavy (non-hydrogen) atoms. The van der Waals surface area contributed by atoms with Gasteiger partial charge < -0.3 is 10.8 Å². The number of piperidine rings is 1. The molecule has 1 aliphatic rings. The number of phenolic OH excluding ortho intramolecular Hbond substituents is 1. The van der Waals surface area contributed by atoms with Gasteiger partial charge in [-0.2, -0.15) is 5.10 Å². The molecule has 4 N–H and O–H groups in total. The van der Waals surface area contributed by atoms with Gasteiger partial charge in [-0.3, -0.25) is 14.8 Å². The van der Waals surface area contributed by atoms with Gasteiger partial charge in [-0.05, 0) is 69.1 Å². The number of aromatic amines is 1. The standard InChI is InChI=1S/C21H25N5O2/c1-13-20-17(19(28)12-26-8-2-3-14(10-22)11-26)9-18(23-21(20)25-24-13)15-4-6-16(27)7-5-15/h4-7,9,14,27H,2-3,8,10-12,22H2,1H3,(H,23,24,25)/t14-/m0/s1. The number of aryl methyl sites for hydroxylation is 1. The summed E-state index contributed by atoms with van der Waals surface area (Å²) in [6.45, 7) is 4.72. The molecule has 1 atom stereocenters. The van der Waals surface area contributed by atoms with Crippen molar-refractivity contribution in [2.75, 3.05) is 26.2 Å². The number of phenols is 1. The number of nitrogens with zero attached hydrogens (tertiary/aromatic N) is 3. The van der Waals surface area contributed by atoms with Crippen LogP contribution in [0.1, 0.15) is 28.9 Å². The highest BCUT2D eigenvalue weighted by atomic mass is 16.3. The maximum absolute atomic E-state index is 13.2. The number of H-pyrrole nitrogens is 1. The number of nitrogens with two attached hydrogens (primary N) is 1. The zero-order valence-corrected chi connectivity index (χ0v) is 16.0. The third-order valence-electron chi connectivity index (χ3n) is 5.47. The Morgan fingerprint density at radius 2 is 2.14 bits per heavy atom. The fraction of sp³-hybridized carbons (Fsp3) is 0.381. The van der Waals surface area contributed by atoms with Gasteiger partial charge in [0.2, 0.25) is 0 Å². The number of ketones is 1. The molecule has 0 bridgehead atoms. The summed E-state index contributed by atoms with van der Waals surface area (Å²) in [6, 6.07) is 8.63. The van der Waals surface area contributed by atoms with Crippen LogP contribution in [0.5, 0.6) is 5.75 Å². The van der Waals surface area contributed by atoms with Crippen LogP contribution in [0.2, 0.25) is 0 Å². The lowest BCUT2D eigenvalue weighted by atomic mass is 9.97. The minimum atomic E-state index is 0.0644. The molecule has 0 unspecified atom stereocenters. The molecular weight excluding hydrogens is 354 g/mol. The fourth-order valence-corrected chi connectivity index (χ4v) is 3.95. The number of aromatic hydroxyl groups is 1. The first kappa shape index (κ1) is 18.6. The molecule has 146 valence electrons. The van der Waals surface area contributed by atoms with Gasteiger partial charge in [0.1, 0.15) is 5.75 Å². The number of pyridine rings is 1. The summed E-state index contributed by atoms with van der Waals surface area (Å²) in [6.07, 6.45) is 2.21. The van der Waals surface area contributed by atoms with Crippen LogP contribution in [-0.2, 0) is 0 Å². The minimum absolute atomic E-state index is 0.0644. The molecule has 1 aromatic carbocycles. The number of carbonyl (C=O) groups is 1. The number of aromatic nitrogens is 3. The number of hydrogen-bond donors (Lipinski definition) is 3. The van der Waals surface area contributed by atoms with E-state index in [2.05, 4.69) is 20.1 Å². The van der Waals surface area contributed by atoms with E-state index in [9.17, 15) is 9.90 Å². The Labute approximate surface area is 163 Å². The molecule has 0 radical (unpaired) electrons. The Hall–Kier alpha value is -2.77. The zero-order valence-electron chi connectivity index (χ0n) is 16.0. The topological polar surface area (TPSA) is 108 Å². The molecular formula is C21H25N5O2. The Kier molecular flexibility index (Phi) is 5.11. The molecule has 7 nitrogen and oxygen atoms in total. The number of fused-ring (bicyclic) bond motifs is 1. The van der Waals surface area contributed by atoms with E-state index in [1.165, 1.54) is 0 Å². The average Bonchev–Trinajstić information content (AvgIpc) is 3.09. The summed E-state index contributed by atoms with van der Waals surface area (Å²) in [4.78, 5) is 20.0. The van der Waals surface area contributed by atoms with Crippen LogP contribution in [0.4, 0.5) is 0 Å². The largest absolute Gasteiger partial charge is 0.508 e. The van der Waals surface area contributed by atoms with E-state index in [1.54, 1.807) is 24.3 Å². The van der Waals surface area contributed by atoms with Gasteiger partial charge in [0.05, 0.1) is 17.6 Å². The van der Waals surface area contributed by atoms with Crippen molar-refractivity contribution in [2.24, 2.45) is 11.7 Å². The normalized spacial score (nSPS) is 17.9. The summed E-state index contributed by atoms with van der Waals surface area (Å²) in [5.41, 5.74) is 9.33. The molecule has 0 amide bonds. The van der Waals surface area contributed by atoms with Gasteiger partial charge >= 0.3 is 0 Å². The van der Waals surface area contributed by atoms with Crippen LogP contribution >= 0.6 is 0 Å². The predicted molar refractivity (Wildman–Crippen MR) is 108 cm³/mol. The highest BCUT2D eigenvalue weighted by molar-refractivity contribution is 6.09. The predicted octanol–water partition coefficient (Wildman–Crippen LogP) is 2.49. The van der Waals surface area contributed by atoms with Gasteiger partial charge in [-0.15, -0.1) is 0 Å². The molecule has 3 aromatic rings. The quantitative estimate of drug-likeness (QED) is 0.588. The molecule has 1 saturated heterocycles. The number of hydrogen-bond acceptors (Lipinski definition) is 6. The third kappa shape index (κ3) is 3.63. The Bertz CT molecular complexity index is 996. The molecule has 3 heterocycles. The molecule has 0 saturated carbocycles. The Balaban J connectivity index is 1.69. The van der Waals surface area contributed by atoms with Crippen molar-refractivity contribution in [1.82, 2.24) is 20.1 Å². The molecule has 0 aliphatic carbocycles. The summed E-state index contributed by atoms with van der Waals surface area (Å²) in [5, 5.41) is 17.5. The van der Waals surface area contributed by atoms with E-state index < -0.39 is 0 Å². The van der Waals surface area contributed by atoms with Crippen molar-refractivity contribution in [3.8, 4) is 17.0 Å². The number of nitrogens with one attached hydrogen (secondary N) is 1. The van der Waals surface area contributed by atoms with Crippen molar-refractivity contribution >= 4 is 16.8 Å². The highest BCUT2D eigenvalue weighted by Gasteiger charge is 2.23. The third-order valence-corrected chi connectivity index (χ3v) is 5.47. The van der Waals surface area contributed by atoms with Crippen molar-refractivity contribution in [3.63, 3.8) is 0 Å². The van der Waals surface area contributed by atoms with E-state index in [1.807, 2.05) is 13.0 Å². The van der Waals surface area contributed by atoms with Gasteiger partial charge in [0.15, 0.2) is 11.4 Å². The monoisotopic (exact) mass is 379 g/mol. The van der Waals surface area contributed by atoms with Crippen molar-refractivity contribution in [3.05, 3.63) is 41.6 Å². The lowest BCUT2D eigenvalue weighted by molar-refractivity contribution is 0.0891. The summed E-state index contributed by atoms with van der Waals surface area (Å²) >= 11 is 0. The van der Waals surface area contributed by atoms with Crippen LogP contribution in [0.3, 0.4) is 0 Å². The van der Waals surface area contributed by atoms with E-state index in [4.69, 9.17) is 5.73 Å². The van der Waals surface area contributed by atoms with Crippen LogP contribution in [0, 0.1) is 12.8 Å². The smallest absolute Gasteiger partial charge is 0.182 e. The number of rotatable bonds is 5. The van der Waals surface area contributed by atoms with Gasteiger partial charge in [0.25, 0.3) is 0 Å². The molecule has 7 heteroatoms. The summed E-state index contributed by atoms with van der Waals surface area (Å²) in [7, 11) is 0. The first-order valence-electron chi connectivity index (χ1n) is 9.66. The van der Waals surface area contributed by atoms with Crippen molar-refractivity contribution < 1.29 is 9.90 Å². The van der Waals surface area contributed by atoms with Crippen LogP contribution in [0.25, 0.3) is 22.3 Å². The van der Waals surface area contributed by atoms with Gasteiger partial charge in [0, 0.05) is 23.4 Å². The van der Waals surface area contributed by atoms with Crippen LogP contribution in [0.15, 0.2) is 30.3 Å². The number of Topliss-reactive ketones (excluding diaryl/α,β-unsaturated/α-hetero) is 1. The molecule has 4 rings (SSSR count). The first-order valence-corrected chi connectivity index (χ1v) is 9.66. The Morgan fingerprint density at radius 1 is 1.36 bits per heavy atom. The molecule has 1 fully saturated rings. The SMILES string of the molecule is Cc1[nH]nc2nc(-c3ccc(O)cc3)cc(C(=O)CN3CCC[C@@H](CN)C3)c12. The summed E-state index contributed by atoms with van der Waals surface area (Å²) in [5.74, 6) is 0.716. The highest BCUT2D eigenvalue weighted by Crippen LogP contribution is 2.27. The van der Waals surface area contributed by atoms with E-state index in [0.717, 1.165) is 42.6 Å². The van der Waals surface area contributed by atoms with Gasteiger partial charge in [-0.1, -0.05) is 0 Å². The lowest BCUT2D eigenvalue weighted by Crippen LogP contribution is -2.41. The summed E-state index contributed by atoms with van der Waals surface area (Å²) < 4.78 is 0. The second kappa shape index (κ2) is 7.69. The molecule has 0 spiro atoms. The van der Waals surface area contributed by atoms with Crippen LogP contribution in [-0.4, -0.2) is 57.2 Å².